The summed E-state index contributed by atoms with van der Waals surface area (Å²) in [7, 11) is 0. The number of rotatable bonds is 5. The Morgan fingerprint density at radius 3 is 2.84 bits per heavy atom. The molecule has 1 amide bonds. The van der Waals surface area contributed by atoms with E-state index in [-0.39, 0.29) is 29.3 Å². The molecular weight excluding hydrogens is 403 g/mol. The highest BCUT2D eigenvalue weighted by Crippen LogP contribution is 2.28. The minimum Gasteiger partial charge on any atom is -0.483 e. The number of primary amides is 1. The predicted molar refractivity (Wildman–Crippen MR) is 110 cm³/mol. The lowest BCUT2D eigenvalue weighted by Crippen LogP contribution is -2.13. The normalized spacial score (nSPS) is 11.3. The fraction of sp³-hybridized carbons (Fsp3) is 0.0500. The number of nitrogens with one attached hydrogen (secondary N) is 1. The number of amides is 1. The zero-order chi connectivity index (χ0) is 21.5. The van der Waals surface area contributed by atoms with Gasteiger partial charge in [-0.1, -0.05) is 0 Å². The van der Waals surface area contributed by atoms with E-state index >= 15 is 0 Å². The lowest BCUT2D eigenvalue weighted by molar-refractivity contribution is 0.0996. The van der Waals surface area contributed by atoms with E-state index in [0.717, 1.165) is 11.5 Å². The number of nitrogen functional groups attached to an aromatic ring is 1. The van der Waals surface area contributed by atoms with Gasteiger partial charge in [-0.15, -0.1) is 0 Å². The largest absolute Gasteiger partial charge is 0.483 e. The molecule has 0 aliphatic carbocycles. The van der Waals surface area contributed by atoms with Gasteiger partial charge in [0.15, 0.2) is 17.2 Å². The molecule has 4 aromatic heterocycles. The van der Waals surface area contributed by atoms with Crippen molar-refractivity contribution in [3.63, 3.8) is 0 Å². The van der Waals surface area contributed by atoms with Crippen molar-refractivity contribution in [1.29, 1.82) is 0 Å². The maximum absolute atomic E-state index is 14.0. The first-order valence-electron chi connectivity index (χ1n) is 9.15. The molecule has 31 heavy (non-hydrogen) atoms. The standard InChI is InChI=1S/C20H15FN8O2/c21-13-7-14-10(4-12(13)19(23)30)6-17(18(22)26-14)31-9-15-16(29-3-1-2-25-29)5-11-8-24-28-20(11)27-15/h1-8H,9H2,(H2,22,26)(H2,23,30)(H,24,27,28). The smallest absolute Gasteiger partial charge is 0.251 e. The van der Waals surface area contributed by atoms with Crippen LogP contribution in [0.15, 0.2) is 48.9 Å². The van der Waals surface area contributed by atoms with Crippen LogP contribution in [-0.4, -0.2) is 35.9 Å². The highest BCUT2D eigenvalue weighted by molar-refractivity contribution is 5.97. The molecule has 0 aliphatic heterocycles. The second-order valence-electron chi connectivity index (χ2n) is 6.76. The number of hydrogen-bond acceptors (Lipinski definition) is 7. The number of carbonyl (C=O) groups excluding carboxylic acids is 1. The molecule has 0 unspecified atom stereocenters. The molecule has 0 bridgehead atoms. The summed E-state index contributed by atoms with van der Waals surface area (Å²) in [5.74, 6) is -1.31. The second-order valence-corrected chi connectivity index (χ2v) is 6.76. The first-order valence-corrected chi connectivity index (χ1v) is 9.15. The Bertz CT molecular complexity index is 1450. The number of pyridine rings is 2. The van der Waals surface area contributed by atoms with Gasteiger partial charge in [0.1, 0.15) is 18.1 Å². The third kappa shape index (κ3) is 3.27. The molecule has 154 valence electrons. The molecule has 0 fully saturated rings. The van der Waals surface area contributed by atoms with Crippen LogP contribution in [0, 0.1) is 5.82 Å². The van der Waals surface area contributed by atoms with Crippen molar-refractivity contribution in [2.24, 2.45) is 5.73 Å². The van der Waals surface area contributed by atoms with E-state index in [1.807, 2.05) is 6.07 Å². The Hall–Kier alpha value is -4.54. The monoisotopic (exact) mass is 418 g/mol. The Morgan fingerprint density at radius 2 is 2.06 bits per heavy atom. The Balaban J connectivity index is 1.53. The number of nitrogens with two attached hydrogens (primary N) is 2. The number of H-pyrrole nitrogens is 1. The Morgan fingerprint density at radius 1 is 1.19 bits per heavy atom. The summed E-state index contributed by atoms with van der Waals surface area (Å²) in [5, 5.41) is 12.4. The summed E-state index contributed by atoms with van der Waals surface area (Å²) >= 11 is 0. The number of anilines is 1. The molecule has 10 nitrogen and oxygen atoms in total. The number of benzene rings is 1. The van der Waals surface area contributed by atoms with E-state index in [1.54, 1.807) is 35.4 Å². The van der Waals surface area contributed by atoms with Crippen LogP contribution in [0.5, 0.6) is 5.75 Å². The number of nitrogens with zero attached hydrogens (tertiary/aromatic N) is 5. The average molecular weight is 418 g/mol. The van der Waals surface area contributed by atoms with Crippen LogP contribution in [0.1, 0.15) is 16.1 Å². The van der Waals surface area contributed by atoms with Crippen molar-refractivity contribution in [3.05, 3.63) is 66.0 Å². The molecule has 0 aliphatic rings. The van der Waals surface area contributed by atoms with E-state index in [9.17, 15) is 9.18 Å². The third-order valence-corrected chi connectivity index (χ3v) is 4.76. The molecule has 0 saturated carbocycles. The molecule has 0 atom stereocenters. The Labute approximate surface area is 173 Å². The van der Waals surface area contributed by atoms with Gasteiger partial charge in [0.05, 0.1) is 23.0 Å². The van der Waals surface area contributed by atoms with Crippen molar-refractivity contribution < 1.29 is 13.9 Å². The summed E-state index contributed by atoms with van der Waals surface area (Å²) in [6.45, 7) is 0.0470. The second kappa shape index (κ2) is 7.06. The van der Waals surface area contributed by atoms with Gasteiger partial charge in [0.25, 0.3) is 5.91 Å². The van der Waals surface area contributed by atoms with Crippen LogP contribution in [0.2, 0.25) is 0 Å². The van der Waals surface area contributed by atoms with Crippen LogP contribution in [-0.2, 0) is 6.61 Å². The molecule has 5 aromatic rings. The maximum atomic E-state index is 14.0. The van der Waals surface area contributed by atoms with Crippen LogP contribution >= 0.6 is 0 Å². The quantitative estimate of drug-likeness (QED) is 0.395. The van der Waals surface area contributed by atoms with E-state index in [1.165, 1.54) is 6.07 Å². The van der Waals surface area contributed by atoms with E-state index in [2.05, 4.69) is 25.3 Å². The fourth-order valence-corrected chi connectivity index (χ4v) is 3.27. The lowest BCUT2D eigenvalue weighted by atomic mass is 10.1. The van der Waals surface area contributed by atoms with E-state index < -0.39 is 11.7 Å². The van der Waals surface area contributed by atoms with Gasteiger partial charge in [-0.25, -0.2) is 19.0 Å². The van der Waals surface area contributed by atoms with Gasteiger partial charge in [-0.2, -0.15) is 10.2 Å². The molecule has 0 spiro atoms. The minimum atomic E-state index is -0.875. The van der Waals surface area contributed by atoms with Crippen LogP contribution in [0.3, 0.4) is 0 Å². The zero-order valence-electron chi connectivity index (χ0n) is 15.9. The molecule has 5 rings (SSSR count). The highest BCUT2D eigenvalue weighted by Gasteiger charge is 2.15. The molecule has 4 heterocycles. The van der Waals surface area contributed by atoms with Crippen LogP contribution in [0.4, 0.5) is 10.2 Å². The van der Waals surface area contributed by atoms with E-state index in [0.29, 0.717) is 22.4 Å². The summed E-state index contributed by atoms with van der Waals surface area (Å²) < 4.78 is 21.6. The lowest BCUT2D eigenvalue weighted by Gasteiger charge is -2.13. The van der Waals surface area contributed by atoms with Gasteiger partial charge in [-0.05, 0) is 24.3 Å². The number of ether oxygens (including phenoxy) is 1. The summed E-state index contributed by atoms with van der Waals surface area (Å²) in [6.07, 6.45) is 5.11. The molecule has 11 heteroatoms. The topological polar surface area (TPSA) is 151 Å². The van der Waals surface area contributed by atoms with Gasteiger partial charge < -0.3 is 16.2 Å². The number of carbonyl (C=O) groups is 1. The zero-order valence-corrected chi connectivity index (χ0v) is 15.9. The number of aromatic nitrogens is 6. The van der Waals surface area contributed by atoms with Gasteiger partial charge in [-0.3, -0.25) is 9.89 Å². The first kappa shape index (κ1) is 18.5. The van der Waals surface area contributed by atoms with Crippen molar-refractivity contribution in [2.45, 2.75) is 6.61 Å². The maximum Gasteiger partial charge on any atom is 0.251 e. The summed E-state index contributed by atoms with van der Waals surface area (Å²) in [4.78, 5) is 20.2. The van der Waals surface area contributed by atoms with Crippen molar-refractivity contribution in [2.75, 3.05) is 5.73 Å². The van der Waals surface area contributed by atoms with Crippen molar-refractivity contribution >= 4 is 33.7 Å². The minimum absolute atomic E-state index is 0.0470. The SMILES string of the molecule is NC(=O)c1cc2cc(OCc3nc4[nH]ncc4cc3-n3cccn3)c(N)nc2cc1F. The van der Waals surface area contributed by atoms with Crippen molar-refractivity contribution in [1.82, 2.24) is 29.9 Å². The number of fused-ring (bicyclic) bond motifs is 2. The van der Waals surface area contributed by atoms with Gasteiger partial charge in [0.2, 0.25) is 0 Å². The summed E-state index contributed by atoms with van der Waals surface area (Å²) in [5.41, 5.74) is 13.2. The number of aromatic amines is 1. The number of halogens is 1. The Kier molecular flexibility index (Phi) is 4.21. The molecule has 5 N–H and O–H groups in total. The molecule has 0 radical (unpaired) electrons. The predicted octanol–water partition coefficient (Wildman–Crippen LogP) is 2.09. The summed E-state index contributed by atoms with van der Waals surface area (Å²) in [6, 6.07) is 7.69. The van der Waals surface area contributed by atoms with Crippen LogP contribution in [0.25, 0.3) is 27.6 Å². The first-order chi connectivity index (χ1) is 15.0. The molecular formula is C20H15FN8O2. The average Bonchev–Trinajstić information content (AvgIpc) is 3.42. The van der Waals surface area contributed by atoms with Crippen molar-refractivity contribution in [3.8, 4) is 11.4 Å². The third-order valence-electron chi connectivity index (χ3n) is 4.76. The van der Waals surface area contributed by atoms with Gasteiger partial charge in [0, 0.05) is 29.2 Å². The van der Waals surface area contributed by atoms with E-state index in [4.69, 9.17) is 16.2 Å². The molecule has 0 saturated heterocycles. The van der Waals surface area contributed by atoms with Crippen LogP contribution < -0.4 is 16.2 Å². The number of hydrogen-bond donors (Lipinski definition) is 3. The van der Waals surface area contributed by atoms with Gasteiger partial charge >= 0.3 is 0 Å². The fourth-order valence-electron chi connectivity index (χ4n) is 3.27. The molecule has 1 aromatic carbocycles. The highest BCUT2D eigenvalue weighted by atomic mass is 19.1.